The molecule has 1 saturated heterocycles. The monoisotopic (exact) mass is 362 g/mol. The number of ether oxygens (including phenoxy) is 1. The van der Waals surface area contributed by atoms with Gasteiger partial charge in [0.2, 0.25) is 10.0 Å². The zero-order chi connectivity index (χ0) is 15.1. The van der Waals surface area contributed by atoms with Crippen LogP contribution in [-0.4, -0.2) is 38.0 Å². The Balaban J connectivity index is 2.45. The molecule has 7 heteroatoms. The van der Waals surface area contributed by atoms with E-state index in [1.54, 1.807) is 19.1 Å². The molecule has 1 fully saturated rings. The minimum atomic E-state index is -3.56. The first-order chi connectivity index (χ1) is 9.21. The van der Waals surface area contributed by atoms with Crippen molar-refractivity contribution >= 4 is 31.6 Å². The summed E-state index contributed by atoms with van der Waals surface area (Å²) < 4.78 is 33.3. The molecule has 0 amide bonds. The highest BCUT2D eigenvalue weighted by molar-refractivity contribution is 9.10. The van der Waals surface area contributed by atoms with Crippen LogP contribution in [0.5, 0.6) is 0 Å². The van der Waals surface area contributed by atoms with Crippen LogP contribution in [0, 0.1) is 6.92 Å². The van der Waals surface area contributed by atoms with Gasteiger partial charge in [-0.3, -0.25) is 0 Å². The van der Waals surface area contributed by atoms with Gasteiger partial charge in [-0.25, -0.2) is 8.42 Å². The van der Waals surface area contributed by atoms with Crippen LogP contribution in [0.2, 0.25) is 0 Å². The van der Waals surface area contributed by atoms with Gasteiger partial charge in [0.15, 0.2) is 0 Å². The fourth-order valence-corrected chi connectivity index (χ4v) is 4.91. The van der Waals surface area contributed by atoms with Crippen molar-refractivity contribution in [1.29, 1.82) is 0 Å². The van der Waals surface area contributed by atoms with Gasteiger partial charge in [-0.05, 0) is 38.5 Å². The number of nitrogens with two attached hydrogens (primary N) is 1. The first-order valence-electron chi connectivity index (χ1n) is 6.43. The van der Waals surface area contributed by atoms with Gasteiger partial charge >= 0.3 is 0 Å². The molecule has 1 aliphatic rings. The lowest BCUT2D eigenvalue weighted by atomic mass is 10.2. The van der Waals surface area contributed by atoms with E-state index in [1.165, 1.54) is 4.31 Å². The Bertz CT molecular complexity index is 608. The van der Waals surface area contributed by atoms with Crippen LogP contribution in [0.15, 0.2) is 21.5 Å². The second kappa shape index (κ2) is 5.63. The summed E-state index contributed by atoms with van der Waals surface area (Å²) in [5.41, 5.74) is 6.91. The fourth-order valence-electron chi connectivity index (χ4n) is 2.41. The highest BCUT2D eigenvalue weighted by Gasteiger charge is 2.33. The molecule has 1 aliphatic heterocycles. The van der Waals surface area contributed by atoms with Crippen molar-refractivity contribution in [2.24, 2.45) is 0 Å². The predicted octanol–water partition coefficient (Wildman–Crippen LogP) is 2.14. The third-order valence-electron chi connectivity index (χ3n) is 3.37. The Hall–Kier alpha value is -0.630. The molecule has 0 radical (unpaired) electrons. The molecule has 2 unspecified atom stereocenters. The van der Waals surface area contributed by atoms with Crippen molar-refractivity contribution in [1.82, 2.24) is 4.31 Å². The van der Waals surface area contributed by atoms with Crippen molar-refractivity contribution in [2.45, 2.75) is 37.9 Å². The second-order valence-electron chi connectivity index (χ2n) is 5.20. The minimum Gasteiger partial charge on any atom is -0.398 e. The molecule has 2 atom stereocenters. The average Bonchev–Trinajstić information content (AvgIpc) is 2.32. The van der Waals surface area contributed by atoms with Gasteiger partial charge in [-0.1, -0.05) is 15.9 Å². The summed E-state index contributed by atoms with van der Waals surface area (Å²) in [4.78, 5) is 0.255. The first kappa shape index (κ1) is 15.8. The van der Waals surface area contributed by atoms with Crippen molar-refractivity contribution in [3.63, 3.8) is 0 Å². The lowest BCUT2D eigenvalue weighted by molar-refractivity contribution is -0.0440. The van der Waals surface area contributed by atoms with Crippen LogP contribution in [0.4, 0.5) is 5.69 Å². The normalized spacial score (nSPS) is 24.8. The van der Waals surface area contributed by atoms with Crippen LogP contribution in [0.3, 0.4) is 0 Å². The zero-order valence-corrected chi connectivity index (χ0v) is 14.2. The Morgan fingerprint density at radius 1 is 1.30 bits per heavy atom. The van der Waals surface area contributed by atoms with E-state index < -0.39 is 10.0 Å². The smallest absolute Gasteiger partial charge is 0.243 e. The molecule has 0 aliphatic carbocycles. The Morgan fingerprint density at radius 3 is 2.40 bits per heavy atom. The third kappa shape index (κ3) is 3.00. The number of nitrogens with zero attached hydrogens (tertiary/aromatic N) is 1. The molecule has 0 saturated carbocycles. The molecule has 0 spiro atoms. The van der Waals surface area contributed by atoms with Crippen LogP contribution in [0.25, 0.3) is 0 Å². The fraction of sp³-hybridized carbons (Fsp3) is 0.538. The summed E-state index contributed by atoms with van der Waals surface area (Å²) in [6.07, 6.45) is -0.225. The van der Waals surface area contributed by atoms with Crippen LogP contribution >= 0.6 is 15.9 Å². The maximum atomic E-state index is 12.8. The number of sulfonamides is 1. The molecule has 1 aromatic carbocycles. The number of hydrogen-bond acceptors (Lipinski definition) is 4. The summed E-state index contributed by atoms with van der Waals surface area (Å²) in [7, 11) is -3.56. The summed E-state index contributed by atoms with van der Waals surface area (Å²) in [5.74, 6) is 0. The Morgan fingerprint density at radius 2 is 1.85 bits per heavy atom. The van der Waals surface area contributed by atoms with E-state index in [9.17, 15) is 8.42 Å². The number of rotatable bonds is 2. The molecule has 5 nitrogen and oxygen atoms in total. The third-order valence-corrected chi connectivity index (χ3v) is 5.78. The molecule has 20 heavy (non-hydrogen) atoms. The largest absolute Gasteiger partial charge is 0.398 e. The second-order valence-corrected chi connectivity index (χ2v) is 8.02. The molecule has 0 aromatic heterocycles. The SMILES string of the molecule is Cc1c(N)cc(Br)cc1S(=O)(=O)N1CC(C)OC(C)C1. The van der Waals surface area contributed by atoms with Crippen molar-refractivity contribution in [3.8, 4) is 0 Å². The summed E-state index contributed by atoms with van der Waals surface area (Å²) in [5, 5.41) is 0. The van der Waals surface area contributed by atoms with Gasteiger partial charge in [0.25, 0.3) is 0 Å². The molecule has 2 rings (SSSR count). The number of halogens is 1. The van der Waals surface area contributed by atoms with Crippen LogP contribution in [-0.2, 0) is 14.8 Å². The molecular weight excluding hydrogens is 344 g/mol. The minimum absolute atomic E-state index is 0.113. The Labute approximate surface area is 128 Å². The standard InChI is InChI=1S/C13H19BrN2O3S/c1-8-6-16(7-9(2)19-8)20(17,18)13-5-11(14)4-12(15)10(13)3/h4-5,8-9H,6-7,15H2,1-3H3. The first-order valence-corrected chi connectivity index (χ1v) is 8.66. The van der Waals surface area contributed by atoms with Gasteiger partial charge in [0, 0.05) is 23.2 Å². The van der Waals surface area contributed by atoms with Gasteiger partial charge < -0.3 is 10.5 Å². The molecule has 0 bridgehead atoms. The summed E-state index contributed by atoms with van der Waals surface area (Å²) >= 11 is 3.30. The number of nitrogen functional groups attached to an aromatic ring is 1. The lowest BCUT2D eigenvalue weighted by Crippen LogP contribution is -2.48. The van der Waals surface area contributed by atoms with Gasteiger partial charge in [0.1, 0.15) is 0 Å². The molecule has 1 heterocycles. The van der Waals surface area contributed by atoms with E-state index in [-0.39, 0.29) is 17.1 Å². The lowest BCUT2D eigenvalue weighted by Gasteiger charge is -2.34. The topological polar surface area (TPSA) is 72.6 Å². The maximum absolute atomic E-state index is 12.8. The quantitative estimate of drug-likeness (QED) is 0.818. The predicted molar refractivity (Wildman–Crippen MR) is 82.1 cm³/mol. The van der Waals surface area contributed by atoms with Crippen molar-refractivity contribution in [2.75, 3.05) is 18.8 Å². The number of anilines is 1. The maximum Gasteiger partial charge on any atom is 0.243 e. The Kier molecular flexibility index (Phi) is 4.44. The zero-order valence-electron chi connectivity index (χ0n) is 11.8. The highest BCUT2D eigenvalue weighted by atomic mass is 79.9. The van der Waals surface area contributed by atoms with E-state index >= 15 is 0 Å². The van der Waals surface area contributed by atoms with Crippen LogP contribution < -0.4 is 5.73 Å². The van der Waals surface area contributed by atoms with E-state index in [2.05, 4.69) is 15.9 Å². The van der Waals surface area contributed by atoms with E-state index in [4.69, 9.17) is 10.5 Å². The highest BCUT2D eigenvalue weighted by Crippen LogP contribution is 2.29. The van der Waals surface area contributed by atoms with Crippen LogP contribution in [0.1, 0.15) is 19.4 Å². The van der Waals surface area contributed by atoms with Crippen molar-refractivity contribution < 1.29 is 13.2 Å². The summed E-state index contributed by atoms with van der Waals surface area (Å²) in [6.45, 7) is 6.19. The van der Waals surface area contributed by atoms with Crippen molar-refractivity contribution in [3.05, 3.63) is 22.2 Å². The molecule has 1 aromatic rings. The molecule has 2 N–H and O–H groups in total. The van der Waals surface area contributed by atoms with E-state index in [1.807, 2.05) is 13.8 Å². The average molecular weight is 363 g/mol. The van der Waals surface area contributed by atoms with Gasteiger partial charge in [-0.15, -0.1) is 0 Å². The van der Waals surface area contributed by atoms with E-state index in [0.29, 0.717) is 28.8 Å². The van der Waals surface area contributed by atoms with E-state index in [0.717, 1.165) is 0 Å². The van der Waals surface area contributed by atoms with Gasteiger partial charge in [-0.2, -0.15) is 4.31 Å². The molecule has 112 valence electrons. The number of hydrogen-bond donors (Lipinski definition) is 1. The summed E-state index contributed by atoms with van der Waals surface area (Å²) in [6, 6.07) is 3.31. The number of benzene rings is 1. The molecular formula is C13H19BrN2O3S. The number of morpholine rings is 1. The van der Waals surface area contributed by atoms with Gasteiger partial charge in [0.05, 0.1) is 17.1 Å².